The van der Waals surface area contributed by atoms with Crippen LogP contribution >= 0.6 is 15.9 Å². The van der Waals surface area contributed by atoms with Gasteiger partial charge in [0, 0.05) is 28.7 Å². The van der Waals surface area contributed by atoms with Gasteiger partial charge in [-0.25, -0.2) is 4.79 Å². The Hall–Kier alpha value is -2.05. The van der Waals surface area contributed by atoms with Crippen LogP contribution in [0.15, 0.2) is 53.0 Å². The molecular formula is C20H24BrN3O2. The lowest BCUT2D eigenvalue weighted by Gasteiger charge is -2.37. The number of rotatable bonds is 4. The number of nitrogens with one attached hydrogen (secondary N) is 2. The third-order valence-electron chi connectivity index (χ3n) is 4.78. The van der Waals surface area contributed by atoms with Crippen LogP contribution in [0.25, 0.3) is 0 Å². The largest absolute Gasteiger partial charge is 0.497 e. The third kappa shape index (κ3) is 4.77. The molecule has 0 saturated carbocycles. The molecule has 6 heteroatoms. The second kappa shape index (κ2) is 8.56. The van der Waals surface area contributed by atoms with Crippen molar-refractivity contribution >= 4 is 27.6 Å². The first-order valence-electron chi connectivity index (χ1n) is 8.71. The van der Waals surface area contributed by atoms with Crippen molar-refractivity contribution in [2.45, 2.75) is 18.4 Å². The maximum absolute atomic E-state index is 12.5. The highest BCUT2D eigenvalue weighted by Gasteiger charge is 2.30. The van der Waals surface area contributed by atoms with Crippen LogP contribution in [0.5, 0.6) is 5.75 Å². The van der Waals surface area contributed by atoms with Crippen molar-refractivity contribution in [3.05, 3.63) is 58.6 Å². The van der Waals surface area contributed by atoms with Gasteiger partial charge < -0.3 is 20.3 Å². The van der Waals surface area contributed by atoms with Crippen molar-refractivity contribution in [1.29, 1.82) is 0 Å². The fraction of sp³-hybridized carbons (Fsp3) is 0.350. The van der Waals surface area contributed by atoms with Gasteiger partial charge in [-0.15, -0.1) is 0 Å². The fourth-order valence-corrected chi connectivity index (χ4v) is 3.61. The predicted molar refractivity (Wildman–Crippen MR) is 108 cm³/mol. The summed E-state index contributed by atoms with van der Waals surface area (Å²) < 4.78 is 6.23. The number of hydrogen-bond acceptors (Lipinski definition) is 3. The number of nitrogens with zero attached hydrogens (tertiary/aromatic N) is 1. The summed E-state index contributed by atoms with van der Waals surface area (Å²) in [5.74, 6) is 1.09. The van der Waals surface area contributed by atoms with E-state index in [1.54, 1.807) is 7.11 Å². The first-order valence-corrected chi connectivity index (χ1v) is 9.50. The van der Waals surface area contributed by atoms with Crippen LogP contribution in [0.1, 0.15) is 17.9 Å². The summed E-state index contributed by atoms with van der Waals surface area (Å²) in [6.07, 6.45) is 0.918. The zero-order chi connectivity index (χ0) is 18.5. The smallest absolute Gasteiger partial charge is 0.319 e. The first kappa shape index (κ1) is 18.7. The number of urea groups is 1. The number of anilines is 1. The number of likely N-dealkylation sites (N-methyl/N-ethyl adjacent to an activating group) is 1. The number of halogens is 1. The molecule has 2 aromatic rings. The fourth-order valence-electron chi connectivity index (χ4n) is 3.35. The van der Waals surface area contributed by atoms with Crippen molar-refractivity contribution in [3.8, 4) is 5.75 Å². The molecule has 2 amide bonds. The Bertz CT molecular complexity index is 734. The molecule has 1 saturated heterocycles. The predicted octanol–water partition coefficient (Wildman–Crippen LogP) is 4.07. The van der Waals surface area contributed by atoms with Crippen LogP contribution in [-0.2, 0) is 0 Å². The molecule has 0 bridgehead atoms. The molecule has 0 unspecified atom stereocenters. The molecular weight excluding hydrogens is 394 g/mol. The summed E-state index contributed by atoms with van der Waals surface area (Å²) in [5.41, 5.74) is 1.99. The van der Waals surface area contributed by atoms with Gasteiger partial charge in [-0.3, -0.25) is 0 Å². The van der Waals surface area contributed by atoms with Gasteiger partial charge in [-0.1, -0.05) is 28.1 Å². The SMILES string of the molecule is COc1ccc([C@@H]2CN(C)CC[C@H]2NC(=O)Nc2ccc(Br)cc2)cc1. The van der Waals surface area contributed by atoms with E-state index in [-0.39, 0.29) is 18.0 Å². The summed E-state index contributed by atoms with van der Waals surface area (Å²) in [4.78, 5) is 14.8. The zero-order valence-corrected chi connectivity index (χ0v) is 16.6. The van der Waals surface area contributed by atoms with Gasteiger partial charge in [0.1, 0.15) is 5.75 Å². The van der Waals surface area contributed by atoms with E-state index in [1.807, 2.05) is 36.4 Å². The Morgan fingerprint density at radius 1 is 1.15 bits per heavy atom. The van der Waals surface area contributed by atoms with Gasteiger partial charge in [0.25, 0.3) is 0 Å². The van der Waals surface area contributed by atoms with Gasteiger partial charge in [-0.05, 0) is 62.0 Å². The summed E-state index contributed by atoms with van der Waals surface area (Å²) in [6.45, 7) is 1.88. The molecule has 0 aromatic heterocycles. The van der Waals surface area contributed by atoms with Crippen LogP contribution in [0.2, 0.25) is 0 Å². The Labute approximate surface area is 162 Å². The van der Waals surface area contributed by atoms with E-state index in [0.29, 0.717) is 0 Å². The highest BCUT2D eigenvalue weighted by atomic mass is 79.9. The Morgan fingerprint density at radius 3 is 2.50 bits per heavy atom. The molecule has 0 spiro atoms. The summed E-state index contributed by atoms with van der Waals surface area (Å²) in [6, 6.07) is 15.6. The van der Waals surface area contributed by atoms with Gasteiger partial charge in [0.2, 0.25) is 0 Å². The van der Waals surface area contributed by atoms with E-state index in [0.717, 1.165) is 35.4 Å². The number of hydrogen-bond donors (Lipinski definition) is 2. The molecule has 2 atom stereocenters. The number of methoxy groups -OCH3 is 1. The molecule has 1 fully saturated rings. The van der Waals surface area contributed by atoms with Crippen molar-refractivity contribution in [3.63, 3.8) is 0 Å². The minimum atomic E-state index is -0.166. The molecule has 138 valence electrons. The minimum absolute atomic E-state index is 0.0926. The number of benzene rings is 2. The van der Waals surface area contributed by atoms with Gasteiger partial charge in [-0.2, -0.15) is 0 Å². The molecule has 2 aromatic carbocycles. The second-order valence-electron chi connectivity index (χ2n) is 6.64. The minimum Gasteiger partial charge on any atom is -0.497 e. The van der Waals surface area contributed by atoms with Crippen molar-refractivity contribution in [2.24, 2.45) is 0 Å². The standard InChI is InChI=1S/C20H24BrN3O2/c1-24-12-11-19(18(13-24)14-3-9-17(26-2)10-4-14)23-20(25)22-16-7-5-15(21)6-8-16/h3-10,18-19H,11-13H2,1-2H3,(H2,22,23,25)/t18-,19+/m0/s1. The number of piperidine rings is 1. The topological polar surface area (TPSA) is 53.6 Å². The summed E-state index contributed by atoms with van der Waals surface area (Å²) in [5, 5.41) is 6.07. The van der Waals surface area contributed by atoms with E-state index < -0.39 is 0 Å². The van der Waals surface area contributed by atoms with Crippen LogP contribution in [-0.4, -0.2) is 44.2 Å². The molecule has 1 aliphatic rings. The summed E-state index contributed by atoms with van der Waals surface area (Å²) >= 11 is 3.40. The number of likely N-dealkylation sites (tertiary alicyclic amines) is 1. The van der Waals surface area contributed by atoms with Crippen molar-refractivity contribution in [1.82, 2.24) is 10.2 Å². The number of ether oxygens (including phenoxy) is 1. The van der Waals surface area contributed by atoms with E-state index in [1.165, 1.54) is 5.56 Å². The van der Waals surface area contributed by atoms with Crippen molar-refractivity contribution in [2.75, 3.05) is 32.6 Å². The Kier molecular flexibility index (Phi) is 6.16. The molecule has 3 rings (SSSR count). The van der Waals surface area contributed by atoms with E-state index >= 15 is 0 Å². The van der Waals surface area contributed by atoms with E-state index in [2.05, 4.69) is 50.6 Å². The van der Waals surface area contributed by atoms with Gasteiger partial charge in [0.05, 0.1) is 7.11 Å². The summed E-state index contributed by atoms with van der Waals surface area (Å²) in [7, 11) is 3.79. The molecule has 0 radical (unpaired) electrons. The number of carbonyl (C=O) groups excluding carboxylic acids is 1. The van der Waals surface area contributed by atoms with E-state index in [4.69, 9.17) is 4.74 Å². The monoisotopic (exact) mass is 417 g/mol. The highest BCUT2D eigenvalue weighted by Crippen LogP contribution is 2.28. The molecule has 1 heterocycles. The van der Waals surface area contributed by atoms with Crippen LogP contribution in [0.4, 0.5) is 10.5 Å². The molecule has 5 nitrogen and oxygen atoms in total. The quantitative estimate of drug-likeness (QED) is 0.787. The normalized spacial score (nSPS) is 20.4. The number of amides is 2. The molecule has 26 heavy (non-hydrogen) atoms. The average Bonchev–Trinajstić information content (AvgIpc) is 2.65. The molecule has 0 aliphatic carbocycles. The zero-order valence-electron chi connectivity index (χ0n) is 15.0. The Morgan fingerprint density at radius 2 is 1.85 bits per heavy atom. The third-order valence-corrected chi connectivity index (χ3v) is 5.31. The van der Waals surface area contributed by atoms with Crippen LogP contribution in [0, 0.1) is 0 Å². The maximum Gasteiger partial charge on any atom is 0.319 e. The highest BCUT2D eigenvalue weighted by molar-refractivity contribution is 9.10. The van der Waals surface area contributed by atoms with Crippen LogP contribution < -0.4 is 15.4 Å². The lowest BCUT2D eigenvalue weighted by atomic mass is 9.86. The maximum atomic E-state index is 12.5. The van der Waals surface area contributed by atoms with Gasteiger partial charge >= 0.3 is 6.03 Å². The lowest BCUT2D eigenvalue weighted by molar-refractivity contribution is 0.202. The lowest BCUT2D eigenvalue weighted by Crippen LogP contribution is -2.49. The van der Waals surface area contributed by atoms with Crippen molar-refractivity contribution < 1.29 is 9.53 Å². The molecule has 1 aliphatic heterocycles. The van der Waals surface area contributed by atoms with Crippen LogP contribution in [0.3, 0.4) is 0 Å². The second-order valence-corrected chi connectivity index (χ2v) is 7.56. The first-order chi connectivity index (χ1) is 12.5. The Balaban J connectivity index is 1.68. The van der Waals surface area contributed by atoms with Gasteiger partial charge in [0.15, 0.2) is 0 Å². The van der Waals surface area contributed by atoms with E-state index in [9.17, 15) is 4.79 Å². The molecule has 2 N–H and O–H groups in total. The number of carbonyl (C=O) groups is 1. The average molecular weight is 418 g/mol.